The van der Waals surface area contributed by atoms with E-state index in [0.717, 1.165) is 26.1 Å². The number of amides is 1. The zero-order valence-electron chi connectivity index (χ0n) is 14.0. The number of benzene rings is 2. The number of hydrogen-bond acceptors (Lipinski definition) is 3. The van der Waals surface area contributed by atoms with Crippen LogP contribution in [0, 0.1) is 10.5 Å². The molecule has 5 nitrogen and oxygen atoms in total. The predicted octanol–water partition coefficient (Wildman–Crippen LogP) is 3.80. The van der Waals surface area contributed by atoms with Gasteiger partial charge in [-0.05, 0) is 53.8 Å². The van der Waals surface area contributed by atoms with E-state index in [4.69, 9.17) is 0 Å². The van der Waals surface area contributed by atoms with Gasteiger partial charge in [-0.25, -0.2) is 4.68 Å². The Morgan fingerprint density at radius 3 is 2.62 bits per heavy atom. The van der Waals surface area contributed by atoms with E-state index in [-0.39, 0.29) is 5.91 Å². The smallest absolute Gasteiger partial charge is 0.257 e. The third kappa shape index (κ3) is 3.21. The van der Waals surface area contributed by atoms with Crippen molar-refractivity contribution in [3.05, 3.63) is 74.5 Å². The SMILES string of the molecule is Cc1ccc(-n2nc3c(c2NC(=O)c2ccccc2I)CS(=O)C3)cc1. The first-order valence-corrected chi connectivity index (χ1v) is 10.7. The van der Waals surface area contributed by atoms with E-state index in [9.17, 15) is 9.00 Å². The fourth-order valence-electron chi connectivity index (χ4n) is 2.95. The molecule has 1 atom stereocenters. The molecule has 1 unspecified atom stereocenters. The van der Waals surface area contributed by atoms with Crippen LogP contribution in [0.3, 0.4) is 0 Å². The molecule has 26 heavy (non-hydrogen) atoms. The average molecular weight is 477 g/mol. The van der Waals surface area contributed by atoms with Gasteiger partial charge < -0.3 is 5.32 Å². The molecule has 1 amide bonds. The molecule has 1 aromatic heterocycles. The molecule has 132 valence electrons. The van der Waals surface area contributed by atoms with Crippen molar-refractivity contribution in [3.63, 3.8) is 0 Å². The Kier molecular flexibility index (Phi) is 4.66. The van der Waals surface area contributed by atoms with Gasteiger partial charge in [0.1, 0.15) is 5.82 Å². The summed E-state index contributed by atoms with van der Waals surface area (Å²) in [5.41, 5.74) is 4.29. The number of nitrogens with zero attached hydrogens (tertiary/aromatic N) is 2. The molecule has 0 bridgehead atoms. The van der Waals surface area contributed by atoms with Crippen molar-refractivity contribution < 1.29 is 9.00 Å². The monoisotopic (exact) mass is 477 g/mol. The molecular formula is C19H16IN3O2S. The fourth-order valence-corrected chi connectivity index (χ4v) is 4.85. The minimum absolute atomic E-state index is 0.191. The van der Waals surface area contributed by atoms with Gasteiger partial charge in [0, 0.05) is 19.9 Å². The highest BCUT2D eigenvalue weighted by Gasteiger charge is 2.28. The number of fused-ring (bicyclic) bond motifs is 1. The Morgan fingerprint density at radius 2 is 1.88 bits per heavy atom. The summed E-state index contributed by atoms with van der Waals surface area (Å²) < 4.78 is 14.6. The van der Waals surface area contributed by atoms with Gasteiger partial charge in [0.2, 0.25) is 0 Å². The average Bonchev–Trinajstić information content (AvgIpc) is 3.13. The molecule has 7 heteroatoms. The number of carbonyl (C=O) groups is 1. The van der Waals surface area contributed by atoms with Crippen LogP contribution in [0.25, 0.3) is 5.69 Å². The largest absolute Gasteiger partial charge is 0.306 e. The van der Waals surface area contributed by atoms with Crippen molar-refractivity contribution in [1.29, 1.82) is 0 Å². The Morgan fingerprint density at radius 1 is 1.15 bits per heavy atom. The summed E-state index contributed by atoms with van der Waals surface area (Å²) in [6.45, 7) is 2.02. The number of hydrogen-bond donors (Lipinski definition) is 1. The standard InChI is InChI=1S/C19H16IN3O2S/c1-12-6-8-13(9-7-12)23-18(15-10-26(25)11-17(15)22-23)21-19(24)14-4-2-3-5-16(14)20/h2-9H,10-11H2,1H3,(H,21,24). The van der Waals surface area contributed by atoms with Crippen LogP contribution >= 0.6 is 22.6 Å². The molecule has 4 rings (SSSR count). The van der Waals surface area contributed by atoms with E-state index in [1.165, 1.54) is 0 Å². The lowest BCUT2D eigenvalue weighted by Crippen LogP contribution is -2.17. The van der Waals surface area contributed by atoms with Gasteiger partial charge in [0.25, 0.3) is 5.91 Å². The van der Waals surface area contributed by atoms with Crippen LogP contribution < -0.4 is 5.32 Å². The molecular weight excluding hydrogens is 461 g/mol. The van der Waals surface area contributed by atoms with Crippen molar-refractivity contribution in [2.45, 2.75) is 18.4 Å². The van der Waals surface area contributed by atoms with E-state index in [1.54, 1.807) is 10.7 Å². The second kappa shape index (κ2) is 6.96. The normalized spacial score (nSPS) is 15.7. The summed E-state index contributed by atoms with van der Waals surface area (Å²) >= 11 is 2.15. The van der Waals surface area contributed by atoms with Gasteiger partial charge in [-0.3, -0.25) is 9.00 Å². The van der Waals surface area contributed by atoms with Crippen LogP contribution in [-0.2, 0) is 22.3 Å². The lowest BCUT2D eigenvalue weighted by molar-refractivity contribution is 0.102. The van der Waals surface area contributed by atoms with Crippen LogP contribution in [0.5, 0.6) is 0 Å². The third-order valence-electron chi connectivity index (χ3n) is 4.30. The third-order valence-corrected chi connectivity index (χ3v) is 6.45. The van der Waals surface area contributed by atoms with Gasteiger partial charge in [-0.1, -0.05) is 29.8 Å². The van der Waals surface area contributed by atoms with Crippen molar-refractivity contribution in [1.82, 2.24) is 9.78 Å². The Bertz CT molecular complexity index is 1030. The van der Waals surface area contributed by atoms with E-state index in [1.807, 2.05) is 49.4 Å². The molecule has 1 aliphatic heterocycles. The van der Waals surface area contributed by atoms with E-state index < -0.39 is 10.8 Å². The van der Waals surface area contributed by atoms with Crippen LogP contribution in [-0.4, -0.2) is 19.9 Å². The highest BCUT2D eigenvalue weighted by Crippen LogP contribution is 2.32. The van der Waals surface area contributed by atoms with Crippen molar-refractivity contribution in [2.75, 3.05) is 5.32 Å². The molecule has 0 radical (unpaired) electrons. The number of aromatic nitrogens is 2. The Labute approximate surface area is 167 Å². The maximum atomic E-state index is 12.8. The first-order valence-electron chi connectivity index (χ1n) is 8.11. The van der Waals surface area contributed by atoms with Crippen molar-refractivity contribution >= 4 is 45.1 Å². The van der Waals surface area contributed by atoms with Crippen molar-refractivity contribution in [3.8, 4) is 5.69 Å². The number of carbonyl (C=O) groups excluding carboxylic acids is 1. The highest BCUT2D eigenvalue weighted by atomic mass is 127. The number of aryl methyl sites for hydroxylation is 1. The molecule has 0 aliphatic carbocycles. The maximum absolute atomic E-state index is 12.8. The zero-order valence-corrected chi connectivity index (χ0v) is 17.0. The maximum Gasteiger partial charge on any atom is 0.257 e. The van der Waals surface area contributed by atoms with Crippen LogP contribution in [0.2, 0.25) is 0 Å². The van der Waals surface area contributed by atoms with E-state index in [2.05, 4.69) is 33.0 Å². The summed E-state index contributed by atoms with van der Waals surface area (Å²) in [4.78, 5) is 12.8. The van der Waals surface area contributed by atoms with Crippen molar-refractivity contribution in [2.24, 2.45) is 0 Å². The Balaban J connectivity index is 1.77. The minimum atomic E-state index is -0.959. The van der Waals surface area contributed by atoms with Gasteiger partial charge in [-0.2, -0.15) is 5.10 Å². The van der Waals surface area contributed by atoms with E-state index >= 15 is 0 Å². The number of nitrogens with one attached hydrogen (secondary N) is 1. The molecule has 0 spiro atoms. The summed E-state index contributed by atoms with van der Waals surface area (Å²) in [5.74, 6) is 1.27. The number of halogens is 1. The Hall–Kier alpha value is -2.00. The van der Waals surface area contributed by atoms with E-state index in [0.29, 0.717) is 22.9 Å². The molecule has 0 saturated heterocycles. The molecule has 2 aromatic carbocycles. The summed E-state index contributed by atoms with van der Waals surface area (Å²) in [7, 11) is -0.959. The fraction of sp³-hybridized carbons (Fsp3) is 0.158. The second-order valence-electron chi connectivity index (χ2n) is 6.18. The molecule has 1 N–H and O–H groups in total. The summed E-state index contributed by atoms with van der Waals surface area (Å²) in [5, 5.41) is 7.62. The number of anilines is 1. The van der Waals surface area contributed by atoms with Gasteiger partial charge in [-0.15, -0.1) is 0 Å². The quantitative estimate of drug-likeness (QED) is 0.584. The lowest BCUT2D eigenvalue weighted by atomic mass is 10.2. The molecule has 3 aromatic rings. The van der Waals surface area contributed by atoms with Crippen LogP contribution in [0.4, 0.5) is 5.82 Å². The first kappa shape index (κ1) is 17.4. The van der Waals surface area contributed by atoms with Gasteiger partial charge in [0.15, 0.2) is 0 Å². The minimum Gasteiger partial charge on any atom is -0.306 e. The second-order valence-corrected chi connectivity index (χ2v) is 8.80. The highest BCUT2D eigenvalue weighted by molar-refractivity contribution is 14.1. The van der Waals surface area contributed by atoms with Crippen LogP contribution in [0.1, 0.15) is 27.2 Å². The van der Waals surface area contributed by atoms with Gasteiger partial charge in [0.05, 0.1) is 28.5 Å². The number of rotatable bonds is 3. The summed E-state index contributed by atoms with van der Waals surface area (Å²) in [6.07, 6.45) is 0. The zero-order chi connectivity index (χ0) is 18.3. The molecule has 0 saturated carbocycles. The van der Waals surface area contributed by atoms with Gasteiger partial charge >= 0.3 is 0 Å². The summed E-state index contributed by atoms with van der Waals surface area (Å²) in [6, 6.07) is 15.4. The molecule has 1 aliphatic rings. The predicted molar refractivity (Wildman–Crippen MR) is 111 cm³/mol. The van der Waals surface area contributed by atoms with Crippen LogP contribution in [0.15, 0.2) is 48.5 Å². The molecule has 2 heterocycles. The topological polar surface area (TPSA) is 64.0 Å². The lowest BCUT2D eigenvalue weighted by Gasteiger charge is -2.12. The first-order chi connectivity index (χ1) is 12.5. The molecule has 0 fully saturated rings.